The van der Waals surface area contributed by atoms with Crippen LogP contribution in [0.2, 0.25) is 0 Å². The van der Waals surface area contributed by atoms with Crippen molar-refractivity contribution in [3.8, 4) is 5.75 Å². The van der Waals surface area contributed by atoms with Gasteiger partial charge in [-0.25, -0.2) is 4.39 Å². The van der Waals surface area contributed by atoms with Gasteiger partial charge in [-0.1, -0.05) is 0 Å². The fraction of sp³-hybridized carbons (Fsp3) is 0.143. The molecule has 0 aliphatic rings. The smallest absolute Gasteiger partial charge is 0.132 e. The Balaban J connectivity index is 3.31. The third kappa shape index (κ3) is 1.39. The Morgan fingerprint density at radius 3 is 2.60 bits per heavy atom. The third-order valence-electron chi connectivity index (χ3n) is 1.20. The molecular formula is C7H6FIO. The third-order valence-corrected chi connectivity index (χ3v) is 2.60. The number of hydrogen-bond donors (Lipinski definition) is 1. The van der Waals surface area contributed by atoms with Gasteiger partial charge in [-0.05, 0) is 41.1 Å². The average Bonchev–Trinajstić information content (AvgIpc) is 1.82. The molecule has 0 aromatic heterocycles. The number of phenolic OH excluding ortho intramolecular Hbond substituents is 1. The second kappa shape index (κ2) is 2.74. The second-order valence-corrected chi connectivity index (χ2v) is 3.13. The van der Waals surface area contributed by atoms with Crippen molar-refractivity contribution >= 4 is 22.6 Å². The molecule has 1 aromatic carbocycles. The van der Waals surface area contributed by atoms with E-state index in [1.54, 1.807) is 6.92 Å². The fourth-order valence-electron chi connectivity index (χ4n) is 0.708. The summed E-state index contributed by atoms with van der Waals surface area (Å²) in [5.74, 6) is -0.381. The first kappa shape index (κ1) is 7.78. The predicted molar refractivity (Wildman–Crippen MR) is 45.5 cm³/mol. The zero-order chi connectivity index (χ0) is 7.72. The molecule has 0 fully saturated rings. The van der Waals surface area contributed by atoms with Gasteiger partial charge in [-0.2, -0.15) is 0 Å². The maximum absolute atomic E-state index is 12.4. The molecular weight excluding hydrogens is 246 g/mol. The lowest BCUT2D eigenvalue weighted by atomic mass is 10.2. The van der Waals surface area contributed by atoms with Crippen molar-refractivity contribution in [2.24, 2.45) is 0 Å². The Morgan fingerprint density at radius 2 is 2.10 bits per heavy atom. The van der Waals surface area contributed by atoms with Gasteiger partial charge in [0.15, 0.2) is 0 Å². The van der Waals surface area contributed by atoms with E-state index >= 15 is 0 Å². The summed E-state index contributed by atoms with van der Waals surface area (Å²) >= 11 is 1.97. The summed E-state index contributed by atoms with van der Waals surface area (Å²) in [5.41, 5.74) is 0.762. The maximum atomic E-state index is 12.4. The van der Waals surface area contributed by atoms with Gasteiger partial charge >= 0.3 is 0 Å². The summed E-state index contributed by atoms with van der Waals surface area (Å²) in [5, 5.41) is 9.03. The molecule has 0 aliphatic heterocycles. The van der Waals surface area contributed by atoms with Crippen LogP contribution in [-0.2, 0) is 0 Å². The van der Waals surface area contributed by atoms with Crippen molar-refractivity contribution in [1.82, 2.24) is 0 Å². The lowest BCUT2D eigenvalue weighted by molar-refractivity contribution is 0.464. The average molecular weight is 252 g/mol. The van der Waals surface area contributed by atoms with Crippen LogP contribution >= 0.6 is 22.6 Å². The van der Waals surface area contributed by atoms with Crippen LogP contribution in [0.1, 0.15) is 5.56 Å². The standard InChI is InChI=1S/C7H6FIO/c1-4-2-5(8)3-6(10)7(4)9/h2-3,10H,1H3. The lowest BCUT2D eigenvalue weighted by Gasteiger charge is -1.99. The summed E-state index contributed by atoms with van der Waals surface area (Å²) in [7, 11) is 0. The highest BCUT2D eigenvalue weighted by Crippen LogP contribution is 2.23. The van der Waals surface area contributed by atoms with Crippen LogP contribution in [0.15, 0.2) is 12.1 Å². The van der Waals surface area contributed by atoms with E-state index in [9.17, 15) is 4.39 Å². The summed E-state index contributed by atoms with van der Waals surface area (Å²) in [4.78, 5) is 0. The van der Waals surface area contributed by atoms with Gasteiger partial charge in [0.2, 0.25) is 0 Å². The zero-order valence-corrected chi connectivity index (χ0v) is 7.52. The molecule has 54 valence electrons. The van der Waals surface area contributed by atoms with Crippen molar-refractivity contribution < 1.29 is 9.50 Å². The molecule has 0 amide bonds. The van der Waals surface area contributed by atoms with Gasteiger partial charge in [-0.3, -0.25) is 0 Å². The van der Waals surface area contributed by atoms with Crippen LogP contribution < -0.4 is 0 Å². The van der Waals surface area contributed by atoms with Gasteiger partial charge in [0.05, 0.1) is 3.57 Å². The molecule has 0 saturated carbocycles. The molecule has 1 rings (SSSR count). The molecule has 1 N–H and O–H groups in total. The SMILES string of the molecule is Cc1cc(F)cc(O)c1I. The first-order valence-electron chi connectivity index (χ1n) is 2.76. The van der Waals surface area contributed by atoms with Crippen LogP contribution in [0.25, 0.3) is 0 Å². The number of aromatic hydroxyl groups is 1. The Morgan fingerprint density at radius 1 is 1.50 bits per heavy atom. The summed E-state index contributed by atoms with van der Waals surface area (Å²) in [6.07, 6.45) is 0. The monoisotopic (exact) mass is 252 g/mol. The number of benzene rings is 1. The molecule has 1 aromatic rings. The summed E-state index contributed by atoms with van der Waals surface area (Å²) < 4.78 is 13.2. The van der Waals surface area contributed by atoms with Crippen molar-refractivity contribution in [3.05, 3.63) is 27.1 Å². The van der Waals surface area contributed by atoms with Crippen LogP contribution in [0.3, 0.4) is 0 Å². The Bertz CT molecular complexity index is 237. The Hall–Kier alpha value is -0.320. The summed E-state index contributed by atoms with van der Waals surface area (Å²) in [6.45, 7) is 1.75. The molecule has 0 heterocycles. The molecule has 10 heavy (non-hydrogen) atoms. The number of hydrogen-bond acceptors (Lipinski definition) is 1. The lowest BCUT2D eigenvalue weighted by Crippen LogP contribution is -1.83. The molecule has 0 unspecified atom stereocenters. The molecule has 0 atom stereocenters. The van der Waals surface area contributed by atoms with Crippen molar-refractivity contribution in [2.75, 3.05) is 0 Å². The molecule has 1 nitrogen and oxygen atoms in total. The van der Waals surface area contributed by atoms with Crippen molar-refractivity contribution in [3.63, 3.8) is 0 Å². The second-order valence-electron chi connectivity index (χ2n) is 2.06. The van der Waals surface area contributed by atoms with Crippen LogP contribution in [-0.4, -0.2) is 5.11 Å². The molecule has 0 saturated heterocycles. The predicted octanol–water partition coefficient (Wildman–Crippen LogP) is 2.44. The first-order valence-corrected chi connectivity index (χ1v) is 3.84. The molecule has 0 spiro atoms. The topological polar surface area (TPSA) is 20.2 Å². The van der Waals surface area contributed by atoms with Gasteiger partial charge < -0.3 is 5.11 Å². The number of aryl methyl sites for hydroxylation is 1. The number of rotatable bonds is 0. The molecule has 0 radical (unpaired) electrons. The van der Waals surface area contributed by atoms with E-state index in [1.165, 1.54) is 6.07 Å². The highest BCUT2D eigenvalue weighted by molar-refractivity contribution is 14.1. The van der Waals surface area contributed by atoms with Crippen molar-refractivity contribution in [1.29, 1.82) is 0 Å². The van der Waals surface area contributed by atoms with E-state index in [4.69, 9.17) is 5.11 Å². The van der Waals surface area contributed by atoms with E-state index in [0.717, 1.165) is 11.6 Å². The van der Waals surface area contributed by atoms with Crippen LogP contribution in [0, 0.1) is 16.3 Å². The minimum Gasteiger partial charge on any atom is -0.507 e. The molecule has 0 aliphatic carbocycles. The number of phenols is 1. The minimum atomic E-state index is -0.393. The first-order chi connectivity index (χ1) is 4.61. The van der Waals surface area contributed by atoms with Crippen molar-refractivity contribution in [2.45, 2.75) is 6.92 Å². The minimum absolute atomic E-state index is 0.0121. The van der Waals surface area contributed by atoms with E-state index in [1.807, 2.05) is 22.6 Å². The van der Waals surface area contributed by atoms with E-state index in [2.05, 4.69) is 0 Å². The number of halogens is 2. The molecule has 3 heteroatoms. The van der Waals surface area contributed by atoms with Crippen LogP contribution in [0.5, 0.6) is 5.75 Å². The fourth-order valence-corrected chi connectivity index (χ4v) is 1.02. The Labute approximate surface area is 72.0 Å². The highest BCUT2D eigenvalue weighted by atomic mass is 127. The van der Waals surface area contributed by atoms with Gasteiger partial charge in [0.1, 0.15) is 11.6 Å². The van der Waals surface area contributed by atoms with Gasteiger partial charge in [-0.15, -0.1) is 0 Å². The summed E-state index contributed by atoms with van der Waals surface area (Å²) in [6, 6.07) is 2.50. The normalized spacial score (nSPS) is 9.90. The Kier molecular flexibility index (Phi) is 2.13. The van der Waals surface area contributed by atoms with Gasteiger partial charge in [0, 0.05) is 6.07 Å². The van der Waals surface area contributed by atoms with E-state index in [-0.39, 0.29) is 5.75 Å². The van der Waals surface area contributed by atoms with E-state index in [0.29, 0.717) is 3.57 Å². The largest absolute Gasteiger partial charge is 0.507 e. The molecule has 0 bridgehead atoms. The van der Waals surface area contributed by atoms with Crippen LogP contribution in [0.4, 0.5) is 4.39 Å². The maximum Gasteiger partial charge on any atom is 0.132 e. The van der Waals surface area contributed by atoms with Gasteiger partial charge in [0.25, 0.3) is 0 Å². The zero-order valence-electron chi connectivity index (χ0n) is 5.36. The quantitative estimate of drug-likeness (QED) is 0.703. The highest BCUT2D eigenvalue weighted by Gasteiger charge is 2.02. The van der Waals surface area contributed by atoms with E-state index < -0.39 is 5.82 Å².